The normalized spacial score (nSPS) is 12.5. The number of carboxylic acid groups (broad SMARTS) is 1. The average Bonchev–Trinajstić information content (AvgIpc) is 1.97. The van der Waals surface area contributed by atoms with Gasteiger partial charge in [0, 0.05) is 6.54 Å². The van der Waals surface area contributed by atoms with Gasteiger partial charge in [0.15, 0.2) is 0 Å². The zero-order valence-electron chi connectivity index (χ0n) is 7.26. The molecule has 0 fully saturated rings. The van der Waals surface area contributed by atoms with Crippen molar-refractivity contribution >= 4 is 6.09 Å². The minimum absolute atomic E-state index is 0.464. The number of amides is 1. The lowest BCUT2D eigenvalue weighted by atomic mass is 10.1. The molecule has 0 aliphatic heterocycles. The van der Waals surface area contributed by atoms with Gasteiger partial charge in [-0.05, 0) is 12.3 Å². The Morgan fingerprint density at radius 1 is 1.64 bits per heavy atom. The predicted octanol–water partition coefficient (Wildman–Crippen LogP) is 2.08. The summed E-state index contributed by atoms with van der Waals surface area (Å²) in [7, 11) is 0. The van der Waals surface area contributed by atoms with Gasteiger partial charge >= 0.3 is 6.09 Å². The van der Waals surface area contributed by atoms with E-state index in [0.717, 1.165) is 6.42 Å². The van der Waals surface area contributed by atoms with E-state index < -0.39 is 6.09 Å². The van der Waals surface area contributed by atoms with Crippen LogP contribution in [0.4, 0.5) is 4.79 Å². The summed E-state index contributed by atoms with van der Waals surface area (Å²) < 4.78 is 0. The van der Waals surface area contributed by atoms with Gasteiger partial charge in [0.25, 0.3) is 0 Å². The predicted molar refractivity (Wildman–Crippen MR) is 44.7 cm³/mol. The molecule has 0 aromatic carbocycles. The van der Waals surface area contributed by atoms with E-state index in [1.807, 2.05) is 0 Å². The number of nitrogens with one attached hydrogen (secondary N) is 1. The number of carbonyl (C=O) groups is 1. The van der Waals surface area contributed by atoms with E-state index in [1.165, 1.54) is 12.8 Å². The molecule has 0 bridgehead atoms. The summed E-state index contributed by atoms with van der Waals surface area (Å²) in [5.74, 6) is 0.464. The van der Waals surface area contributed by atoms with Crippen LogP contribution in [0.1, 0.15) is 33.1 Å². The summed E-state index contributed by atoms with van der Waals surface area (Å²) in [5, 5.41) is 10.6. The number of unbranched alkanes of at least 4 members (excludes halogenated alkanes) is 1. The summed E-state index contributed by atoms with van der Waals surface area (Å²) in [6.07, 6.45) is 2.55. The molecule has 1 atom stereocenters. The Morgan fingerprint density at radius 3 is 2.73 bits per heavy atom. The van der Waals surface area contributed by atoms with E-state index in [9.17, 15) is 4.79 Å². The third kappa shape index (κ3) is 7.16. The fraction of sp³-hybridized carbons (Fsp3) is 0.875. The molecule has 0 radical (unpaired) electrons. The van der Waals surface area contributed by atoms with Crippen molar-refractivity contribution in [2.24, 2.45) is 5.92 Å². The highest BCUT2D eigenvalue weighted by Gasteiger charge is 2.02. The van der Waals surface area contributed by atoms with Gasteiger partial charge in [-0.1, -0.05) is 26.7 Å². The first-order valence-corrected chi connectivity index (χ1v) is 4.13. The zero-order chi connectivity index (χ0) is 8.69. The molecule has 0 aromatic rings. The lowest BCUT2D eigenvalue weighted by Crippen LogP contribution is -2.26. The molecule has 1 amide bonds. The van der Waals surface area contributed by atoms with E-state index in [2.05, 4.69) is 19.2 Å². The molecule has 2 N–H and O–H groups in total. The first-order chi connectivity index (χ1) is 5.16. The molecule has 66 valence electrons. The molecule has 11 heavy (non-hydrogen) atoms. The average molecular weight is 159 g/mol. The molecule has 3 heteroatoms. The van der Waals surface area contributed by atoms with Gasteiger partial charge in [0.05, 0.1) is 0 Å². The van der Waals surface area contributed by atoms with Crippen molar-refractivity contribution in [3.05, 3.63) is 0 Å². The van der Waals surface area contributed by atoms with Crippen LogP contribution < -0.4 is 5.32 Å². The van der Waals surface area contributed by atoms with Gasteiger partial charge in [-0.3, -0.25) is 0 Å². The maximum Gasteiger partial charge on any atom is 0.404 e. The van der Waals surface area contributed by atoms with Gasteiger partial charge in [-0.25, -0.2) is 4.79 Å². The molecule has 0 aliphatic carbocycles. The summed E-state index contributed by atoms with van der Waals surface area (Å²) in [4.78, 5) is 10.1. The third-order valence-electron chi connectivity index (χ3n) is 1.65. The standard InChI is InChI=1S/C8H17NO2/c1-3-4-5-7(2)6-9-8(10)11/h7,9H,3-6H2,1-2H3,(H,10,11). The summed E-state index contributed by atoms with van der Waals surface area (Å²) >= 11 is 0. The maximum atomic E-state index is 10.1. The lowest BCUT2D eigenvalue weighted by molar-refractivity contribution is 0.192. The molecule has 0 heterocycles. The van der Waals surface area contributed by atoms with E-state index in [0.29, 0.717) is 12.5 Å². The SMILES string of the molecule is CCCCC(C)CNC(=O)O. The Kier molecular flexibility index (Phi) is 5.61. The van der Waals surface area contributed by atoms with Gasteiger partial charge in [-0.2, -0.15) is 0 Å². The van der Waals surface area contributed by atoms with Crippen LogP contribution in [0.25, 0.3) is 0 Å². The Balaban J connectivity index is 3.22. The topological polar surface area (TPSA) is 49.3 Å². The van der Waals surface area contributed by atoms with Crippen LogP contribution in [-0.2, 0) is 0 Å². The Labute approximate surface area is 67.8 Å². The Morgan fingerprint density at radius 2 is 2.27 bits per heavy atom. The van der Waals surface area contributed by atoms with Gasteiger partial charge in [-0.15, -0.1) is 0 Å². The maximum absolute atomic E-state index is 10.1. The van der Waals surface area contributed by atoms with Crippen LogP contribution >= 0.6 is 0 Å². The zero-order valence-corrected chi connectivity index (χ0v) is 7.26. The Hall–Kier alpha value is -0.730. The smallest absolute Gasteiger partial charge is 0.404 e. The van der Waals surface area contributed by atoms with E-state index in [1.54, 1.807) is 0 Å². The van der Waals surface area contributed by atoms with Crippen molar-refractivity contribution in [1.29, 1.82) is 0 Å². The van der Waals surface area contributed by atoms with E-state index in [-0.39, 0.29) is 0 Å². The van der Waals surface area contributed by atoms with Crippen molar-refractivity contribution in [2.45, 2.75) is 33.1 Å². The van der Waals surface area contributed by atoms with Crippen LogP contribution in [0.5, 0.6) is 0 Å². The highest BCUT2D eigenvalue weighted by Crippen LogP contribution is 2.05. The highest BCUT2D eigenvalue weighted by atomic mass is 16.4. The number of rotatable bonds is 5. The molecule has 1 unspecified atom stereocenters. The molecule has 0 saturated carbocycles. The second kappa shape index (κ2) is 6.01. The fourth-order valence-corrected chi connectivity index (χ4v) is 0.916. The van der Waals surface area contributed by atoms with Crippen LogP contribution in [-0.4, -0.2) is 17.7 Å². The highest BCUT2D eigenvalue weighted by molar-refractivity contribution is 5.64. The molecular weight excluding hydrogens is 142 g/mol. The van der Waals surface area contributed by atoms with Crippen molar-refractivity contribution in [3.63, 3.8) is 0 Å². The van der Waals surface area contributed by atoms with Crippen LogP contribution in [0.3, 0.4) is 0 Å². The molecule has 0 spiro atoms. The van der Waals surface area contributed by atoms with Crippen molar-refractivity contribution in [2.75, 3.05) is 6.54 Å². The third-order valence-corrected chi connectivity index (χ3v) is 1.65. The summed E-state index contributed by atoms with van der Waals surface area (Å²) in [5.41, 5.74) is 0. The van der Waals surface area contributed by atoms with Crippen LogP contribution in [0.2, 0.25) is 0 Å². The van der Waals surface area contributed by atoms with Crippen molar-refractivity contribution in [1.82, 2.24) is 5.32 Å². The second-order valence-electron chi connectivity index (χ2n) is 2.93. The van der Waals surface area contributed by atoms with E-state index in [4.69, 9.17) is 5.11 Å². The van der Waals surface area contributed by atoms with Crippen molar-refractivity contribution < 1.29 is 9.90 Å². The minimum atomic E-state index is -0.923. The van der Waals surface area contributed by atoms with Gasteiger partial charge in [0.2, 0.25) is 0 Å². The lowest BCUT2D eigenvalue weighted by Gasteiger charge is -2.09. The molecule has 0 aromatic heterocycles. The summed E-state index contributed by atoms with van der Waals surface area (Å²) in [6.45, 7) is 4.78. The minimum Gasteiger partial charge on any atom is -0.465 e. The number of hydrogen-bond acceptors (Lipinski definition) is 1. The quantitative estimate of drug-likeness (QED) is 0.645. The molecule has 0 rings (SSSR count). The number of hydrogen-bond donors (Lipinski definition) is 2. The largest absolute Gasteiger partial charge is 0.465 e. The molecule has 0 saturated heterocycles. The second-order valence-corrected chi connectivity index (χ2v) is 2.93. The van der Waals surface area contributed by atoms with Gasteiger partial charge < -0.3 is 10.4 Å². The Bertz CT molecular complexity index is 115. The molecule has 3 nitrogen and oxygen atoms in total. The summed E-state index contributed by atoms with van der Waals surface area (Å²) in [6, 6.07) is 0. The van der Waals surface area contributed by atoms with E-state index >= 15 is 0 Å². The monoisotopic (exact) mass is 159 g/mol. The molecular formula is C8H17NO2. The first-order valence-electron chi connectivity index (χ1n) is 4.13. The molecule has 0 aliphatic rings. The van der Waals surface area contributed by atoms with Crippen LogP contribution in [0.15, 0.2) is 0 Å². The van der Waals surface area contributed by atoms with Crippen LogP contribution in [0, 0.1) is 5.92 Å². The van der Waals surface area contributed by atoms with Gasteiger partial charge in [0.1, 0.15) is 0 Å². The first kappa shape index (κ1) is 10.3. The fourth-order valence-electron chi connectivity index (χ4n) is 0.916. The van der Waals surface area contributed by atoms with Crippen molar-refractivity contribution in [3.8, 4) is 0 Å².